The van der Waals surface area contributed by atoms with E-state index in [-0.39, 0.29) is 29.8 Å². The van der Waals surface area contributed by atoms with Crippen LogP contribution < -0.4 is 4.74 Å². The molecule has 0 N–H and O–H groups in total. The lowest BCUT2D eigenvalue weighted by atomic mass is 9.96. The molecule has 172 valence electrons. The highest BCUT2D eigenvalue weighted by Gasteiger charge is 2.36. The summed E-state index contributed by atoms with van der Waals surface area (Å²) in [6, 6.07) is 24.0. The van der Waals surface area contributed by atoms with Crippen molar-refractivity contribution in [3.63, 3.8) is 0 Å². The molecular formula is C24H25N3O5S. The number of benzene rings is 3. The van der Waals surface area contributed by atoms with Crippen LogP contribution in [0, 0.1) is 10.1 Å². The second-order valence-corrected chi connectivity index (χ2v) is 9.66. The van der Waals surface area contributed by atoms with Gasteiger partial charge in [-0.2, -0.15) is 4.31 Å². The molecular weight excluding hydrogens is 442 g/mol. The SMILES string of the molecule is COc1ccc(S(=O)(=O)N2CCN(C(c3ccccc3)c3ccccc3)CC2)c([N+](=O)[O-])c1. The summed E-state index contributed by atoms with van der Waals surface area (Å²) < 4.78 is 32.9. The van der Waals surface area contributed by atoms with Gasteiger partial charge in [-0.25, -0.2) is 8.42 Å². The lowest BCUT2D eigenvalue weighted by Crippen LogP contribution is -2.49. The number of piperazine rings is 1. The molecule has 0 spiro atoms. The molecule has 4 rings (SSSR count). The summed E-state index contributed by atoms with van der Waals surface area (Å²) in [5.41, 5.74) is 1.78. The number of rotatable bonds is 7. The molecule has 0 aromatic heterocycles. The van der Waals surface area contributed by atoms with Gasteiger partial charge in [-0.15, -0.1) is 0 Å². The normalized spacial score (nSPS) is 15.5. The highest BCUT2D eigenvalue weighted by Crippen LogP contribution is 2.33. The lowest BCUT2D eigenvalue weighted by Gasteiger charge is -2.39. The molecule has 0 unspecified atom stereocenters. The Morgan fingerprint density at radius 1 is 0.879 bits per heavy atom. The van der Waals surface area contributed by atoms with Crippen molar-refractivity contribution in [2.75, 3.05) is 33.3 Å². The number of nitro benzene ring substituents is 1. The number of nitrogens with zero attached hydrogens (tertiary/aromatic N) is 3. The van der Waals surface area contributed by atoms with Crippen LogP contribution in [0.1, 0.15) is 17.2 Å². The molecule has 0 aliphatic carbocycles. The Morgan fingerprint density at radius 2 is 1.42 bits per heavy atom. The fourth-order valence-corrected chi connectivity index (χ4v) is 5.77. The van der Waals surface area contributed by atoms with Crippen LogP contribution in [0.3, 0.4) is 0 Å². The first-order chi connectivity index (χ1) is 15.9. The molecule has 1 aliphatic heterocycles. The van der Waals surface area contributed by atoms with Crippen molar-refractivity contribution in [3.8, 4) is 5.75 Å². The molecule has 0 bridgehead atoms. The standard InChI is InChI=1S/C24H25N3O5S/c1-32-21-12-13-23(22(18-21)27(28)29)33(30,31)26-16-14-25(15-17-26)24(19-8-4-2-5-9-19)20-10-6-3-7-11-20/h2-13,18,24H,14-17H2,1H3. The van der Waals surface area contributed by atoms with Crippen LogP contribution in [0.25, 0.3) is 0 Å². The van der Waals surface area contributed by atoms with Crippen LogP contribution in [-0.2, 0) is 10.0 Å². The first-order valence-corrected chi connectivity index (χ1v) is 12.0. The zero-order valence-electron chi connectivity index (χ0n) is 18.2. The van der Waals surface area contributed by atoms with Gasteiger partial charge in [0, 0.05) is 26.2 Å². The van der Waals surface area contributed by atoms with Gasteiger partial charge in [0.05, 0.1) is 24.1 Å². The number of methoxy groups -OCH3 is 1. The molecule has 1 fully saturated rings. The zero-order chi connectivity index (χ0) is 23.4. The molecule has 0 atom stereocenters. The van der Waals surface area contributed by atoms with E-state index < -0.39 is 20.6 Å². The van der Waals surface area contributed by atoms with Crippen LogP contribution in [-0.4, -0.2) is 55.8 Å². The Morgan fingerprint density at radius 3 is 1.91 bits per heavy atom. The summed E-state index contributed by atoms with van der Waals surface area (Å²) in [6.45, 7) is 1.47. The summed E-state index contributed by atoms with van der Waals surface area (Å²) in [7, 11) is -2.65. The summed E-state index contributed by atoms with van der Waals surface area (Å²) in [6.07, 6.45) is 0. The molecule has 1 saturated heterocycles. The molecule has 8 nitrogen and oxygen atoms in total. The van der Waals surface area contributed by atoms with Crippen LogP contribution in [0.5, 0.6) is 5.75 Å². The molecule has 3 aromatic carbocycles. The zero-order valence-corrected chi connectivity index (χ0v) is 19.0. The number of hydrogen-bond donors (Lipinski definition) is 0. The van der Waals surface area contributed by atoms with E-state index in [1.807, 2.05) is 36.4 Å². The van der Waals surface area contributed by atoms with Crippen molar-refractivity contribution in [3.05, 3.63) is 100 Å². The van der Waals surface area contributed by atoms with Gasteiger partial charge in [0.25, 0.3) is 5.69 Å². The third-order valence-corrected chi connectivity index (χ3v) is 7.80. The number of sulfonamides is 1. The van der Waals surface area contributed by atoms with Gasteiger partial charge in [0.2, 0.25) is 10.0 Å². The summed E-state index contributed by atoms with van der Waals surface area (Å²) in [5, 5.41) is 11.5. The van der Waals surface area contributed by atoms with E-state index >= 15 is 0 Å². The van der Waals surface area contributed by atoms with Crippen molar-refractivity contribution in [2.24, 2.45) is 0 Å². The summed E-state index contributed by atoms with van der Waals surface area (Å²) in [4.78, 5) is 12.8. The Hall–Kier alpha value is -3.27. The van der Waals surface area contributed by atoms with Crippen LogP contribution >= 0.6 is 0 Å². The average Bonchev–Trinajstić information content (AvgIpc) is 2.85. The summed E-state index contributed by atoms with van der Waals surface area (Å²) in [5.74, 6) is 0.235. The minimum absolute atomic E-state index is 0.00687. The highest BCUT2D eigenvalue weighted by molar-refractivity contribution is 7.89. The topological polar surface area (TPSA) is 93.0 Å². The quantitative estimate of drug-likeness (QED) is 0.389. The van der Waals surface area contributed by atoms with Gasteiger partial charge in [-0.1, -0.05) is 60.7 Å². The van der Waals surface area contributed by atoms with Gasteiger partial charge >= 0.3 is 0 Å². The Bertz CT molecular complexity index is 1170. The van der Waals surface area contributed by atoms with Gasteiger partial charge in [-0.05, 0) is 23.3 Å². The smallest absolute Gasteiger partial charge is 0.293 e. The molecule has 0 saturated carbocycles. The predicted molar refractivity (Wildman–Crippen MR) is 125 cm³/mol. The Kier molecular flexibility index (Phi) is 6.73. The van der Waals surface area contributed by atoms with Crippen LogP contribution in [0.15, 0.2) is 83.8 Å². The van der Waals surface area contributed by atoms with E-state index in [0.29, 0.717) is 13.1 Å². The van der Waals surface area contributed by atoms with Crippen LogP contribution in [0.4, 0.5) is 5.69 Å². The number of nitro groups is 1. The van der Waals surface area contributed by atoms with Crippen molar-refractivity contribution >= 4 is 15.7 Å². The number of ether oxygens (including phenoxy) is 1. The average molecular weight is 468 g/mol. The van der Waals surface area contributed by atoms with E-state index in [9.17, 15) is 18.5 Å². The molecule has 3 aromatic rings. The van der Waals surface area contributed by atoms with Gasteiger partial charge in [-0.3, -0.25) is 15.0 Å². The van der Waals surface area contributed by atoms with Gasteiger partial charge in [0.15, 0.2) is 4.90 Å². The third kappa shape index (κ3) is 4.75. The highest BCUT2D eigenvalue weighted by atomic mass is 32.2. The van der Waals surface area contributed by atoms with Gasteiger partial charge < -0.3 is 4.74 Å². The van der Waals surface area contributed by atoms with Gasteiger partial charge in [0.1, 0.15) is 5.75 Å². The second kappa shape index (κ2) is 9.70. The third-order valence-electron chi connectivity index (χ3n) is 5.85. The first kappa shape index (κ1) is 22.9. The maximum atomic E-state index is 13.3. The maximum absolute atomic E-state index is 13.3. The van der Waals surface area contributed by atoms with Crippen molar-refractivity contribution < 1.29 is 18.1 Å². The lowest BCUT2D eigenvalue weighted by molar-refractivity contribution is -0.387. The largest absolute Gasteiger partial charge is 0.497 e. The van der Waals surface area contributed by atoms with E-state index in [2.05, 4.69) is 29.2 Å². The fourth-order valence-electron chi connectivity index (χ4n) is 4.21. The minimum Gasteiger partial charge on any atom is -0.497 e. The van der Waals surface area contributed by atoms with Crippen molar-refractivity contribution in [1.82, 2.24) is 9.21 Å². The first-order valence-electron chi connectivity index (χ1n) is 10.6. The monoisotopic (exact) mass is 467 g/mol. The molecule has 1 aliphatic rings. The van der Waals surface area contributed by atoms with E-state index in [1.54, 1.807) is 0 Å². The molecule has 0 radical (unpaired) electrons. The van der Waals surface area contributed by atoms with Crippen LogP contribution in [0.2, 0.25) is 0 Å². The molecule has 9 heteroatoms. The molecule has 33 heavy (non-hydrogen) atoms. The minimum atomic E-state index is -4.03. The molecule has 0 amide bonds. The maximum Gasteiger partial charge on any atom is 0.293 e. The second-order valence-electron chi connectivity index (χ2n) is 7.75. The van der Waals surface area contributed by atoms with E-state index in [0.717, 1.165) is 17.2 Å². The van der Waals surface area contributed by atoms with E-state index in [1.165, 1.54) is 23.5 Å². The molecule has 1 heterocycles. The predicted octanol–water partition coefficient (Wildman–Crippen LogP) is 3.70. The fraction of sp³-hybridized carbons (Fsp3) is 0.250. The van der Waals surface area contributed by atoms with E-state index in [4.69, 9.17) is 4.74 Å². The Labute approximate surface area is 193 Å². The van der Waals surface area contributed by atoms with Crippen molar-refractivity contribution in [2.45, 2.75) is 10.9 Å². The number of hydrogen-bond acceptors (Lipinski definition) is 6. The summed E-state index contributed by atoms with van der Waals surface area (Å²) >= 11 is 0. The van der Waals surface area contributed by atoms with Crippen molar-refractivity contribution in [1.29, 1.82) is 0 Å². The Balaban J connectivity index is 1.58.